The molecule has 82 valence electrons. The second-order valence-electron chi connectivity index (χ2n) is 4.47. The molecule has 1 N–H and O–H groups in total. The predicted molar refractivity (Wildman–Crippen MR) is 62.4 cm³/mol. The van der Waals surface area contributed by atoms with E-state index >= 15 is 0 Å². The fourth-order valence-electron chi connectivity index (χ4n) is 1.31. The third-order valence-corrected chi connectivity index (χ3v) is 1.85. The van der Waals surface area contributed by atoms with Crippen LogP contribution in [0.25, 0.3) is 0 Å². The number of rotatable bonds is 3. The summed E-state index contributed by atoms with van der Waals surface area (Å²) in [6, 6.07) is 5.37. The van der Waals surface area contributed by atoms with Crippen molar-refractivity contribution in [1.29, 1.82) is 0 Å². The van der Waals surface area contributed by atoms with Gasteiger partial charge in [0.25, 0.3) is 0 Å². The summed E-state index contributed by atoms with van der Waals surface area (Å²) in [5.41, 5.74) is 0.648. The normalized spacial score (nSPS) is 11.1. The van der Waals surface area contributed by atoms with E-state index < -0.39 is 0 Å². The van der Waals surface area contributed by atoms with Gasteiger partial charge in [0.1, 0.15) is 5.60 Å². The van der Waals surface area contributed by atoms with Gasteiger partial charge in [0.2, 0.25) is 0 Å². The molecule has 0 saturated carbocycles. The molecule has 0 spiro atoms. The molecule has 1 rings (SSSR count). The maximum atomic E-state index is 9.72. The molecule has 2 nitrogen and oxygen atoms in total. The summed E-state index contributed by atoms with van der Waals surface area (Å²) in [5, 5.41) is 9.72. The number of phenols is 1. The van der Waals surface area contributed by atoms with Crippen molar-refractivity contribution < 1.29 is 9.84 Å². The molecule has 0 radical (unpaired) electrons. The maximum absolute atomic E-state index is 9.72. The van der Waals surface area contributed by atoms with Crippen LogP contribution < -0.4 is 4.74 Å². The van der Waals surface area contributed by atoms with Crippen molar-refractivity contribution in [2.24, 2.45) is 0 Å². The van der Waals surface area contributed by atoms with Gasteiger partial charge in [-0.2, -0.15) is 0 Å². The van der Waals surface area contributed by atoms with Crippen LogP contribution in [0.2, 0.25) is 0 Å². The fraction of sp³-hybridized carbons (Fsp3) is 0.385. The smallest absolute Gasteiger partial charge is 0.165 e. The van der Waals surface area contributed by atoms with E-state index in [0.717, 1.165) is 5.56 Å². The van der Waals surface area contributed by atoms with E-state index in [4.69, 9.17) is 4.74 Å². The summed E-state index contributed by atoms with van der Waals surface area (Å²) < 4.78 is 5.72. The van der Waals surface area contributed by atoms with Gasteiger partial charge in [0.15, 0.2) is 11.5 Å². The van der Waals surface area contributed by atoms with Crippen molar-refractivity contribution in [3.05, 3.63) is 36.4 Å². The number of ether oxygens (including phenoxy) is 1. The predicted octanol–water partition coefficient (Wildman–Crippen LogP) is 3.30. The van der Waals surface area contributed by atoms with Crippen molar-refractivity contribution in [2.75, 3.05) is 0 Å². The molecular formula is C13H18O2. The van der Waals surface area contributed by atoms with Gasteiger partial charge in [-0.3, -0.25) is 0 Å². The second kappa shape index (κ2) is 4.39. The molecule has 0 bridgehead atoms. The van der Waals surface area contributed by atoms with Crippen molar-refractivity contribution in [2.45, 2.75) is 32.8 Å². The molecule has 2 heteroatoms. The molecule has 0 aliphatic carbocycles. The zero-order valence-electron chi connectivity index (χ0n) is 9.58. The topological polar surface area (TPSA) is 29.5 Å². The van der Waals surface area contributed by atoms with Gasteiger partial charge < -0.3 is 9.84 Å². The first kappa shape index (κ1) is 11.6. The molecule has 0 fully saturated rings. The quantitative estimate of drug-likeness (QED) is 0.769. The third-order valence-electron chi connectivity index (χ3n) is 1.85. The monoisotopic (exact) mass is 206 g/mol. The number of para-hydroxylation sites is 1. The number of aromatic hydroxyl groups is 1. The lowest BCUT2D eigenvalue weighted by Gasteiger charge is -2.23. The average molecular weight is 206 g/mol. The van der Waals surface area contributed by atoms with Crippen molar-refractivity contribution in [3.63, 3.8) is 0 Å². The largest absolute Gasteiger partial charge is 0.504 e. The second-order valence-corrected chi connectivity index (χ2v) is 4.47. The highest BCUT2D eigenvalue weighted by Gasteiger charge is 2.16. The van der Waals surface area contributed by atoms with Gasteiger partial charge in [-0.15, -0.1) is 6.58 Å². The number of hydrogen-bond donors (Lipinski definition) is 1. The van der Waals surface area contributed by atoms with Crippen LogP contribution in [0, 0.1) is 0 Å². The van der Waals surface area contributed by atoms with Crippen LogP contribution in [0.1, 0.15) is 26.3 Å². The molecular weight excluding hydrogens is 188 g/mol. The van der Waals surface area contributed by atoms with Crippen LogP contribution in [0.15, 0.2) is 30.9 Å². The third kappa shape index (κ3) is 3.31. The Labute approximate surface area is 91.2 Å². The molecule has 1 aromatic carbocycles. The van der Waals surface area contributed by atoms with Crippen LogP contribution in [0.5, 0.6) is 11.5 Å². The Balaban J connectivity index is 3.07. The summed E-state index contributed by atoms with van der Waals surface area (Å²) >= 11 is 0. The zero-order valence-corrected chi connectivity index (χ0v) is 9.58. The standard InChI is InChI=1S/C13H18O2/c1-5-7-10-8-6-9-11(14)12(10)15-13(2,3)4/h5-6,8-9,14H,1,7H2,2-4H3. The van der Waals surface area contributed by atoms with E-state index in [1.807, 2.05) is 32.9 Å². The van der Waals surface area contributed by atoms with E-state index in [1.54, 1.807) is 12.1 Å². The first-order valence-electron chi connectivity index (χ1n) is 5.05. The van der Waals surface area contributed by atoms with Crippen LogP contribution >= 0.6 is 0 Å². The molecule has 0 aromatic heterocycles. The SMILES string of the molecule is C=CCc1cccc(O)c1OC(C)(C)C. The van der Waals surface area contributed by atoms with Crippen LogP contribution in [-0.2, 0) is 6.42 Å². The maximum Gasteiger partial charge on any atom is 0.165 e. The van der Waals surface area contributed by atoms with E-state index in [0.29, 0.717) is 12.2 Å². The van der Waals surface area contributed by atoms with Crippen molar-refractivity contribution >= 4 is 0 Å². The Kier molecular flexibility index (Phi) is 3.40. The summed E-state index contributed by atoms with van der Waals surface area (Å²) in [6.07, 6.45) is 2.49. The highest BCUT2D eigenvalue weighted by molar-refractivity contribution is 5.46. The van der Waals surface area contributed by atoms with E-state index in [2.05, 4.69) is 6.58 Å². The summed E-state index contributed by atoms with van der Waals surface area (Å²) in [6.45, 7) is 9.55. The minimum Gasteiger partial charge on any atom is -0.504 e. The van der Waals surface area contributed by atoms with Crippen molar-refractivity contribution in [1.82, 2.24) is 0 Å². The van der Waals surface area contributed by atoms with Crippen molar-refractivity contribution in [3.8, 4) is 11.5 Å². The number of benzene rings is 1. The Morgan fingerprint density at radius 1 is 1.40 bits per heavy atom. The van der Waals surface area contributed by atoms with Crippen LogP contribution in [-0.4, -0.2) is 10.7 Å². The Bertz CT molecular complexity index is 348. The van der Waals surface area contributed by atoms with Gasteiger partial charge >= 0.3 is 0 Å². The molecule has 1 aromatic rings. The lowest BCUT2D eigenvalue weighted by Crippen LogP contribution is -2.23. The minimum atomic E-state index is -0.311. The molecule has 15 heavy (non-hydrogen) atoms. The summed E-state index contributed by atoms with van der Waals surface area (Å²) in [7, 11) is 0. The highest BCUT2D eigenvalue weighted by Crippen LogP contribution is 2.33. The van der Waals surface area contributed by atoms with E-state index in [-0.39, 0.29) is 11.4 Å². The minimum absolute atomic E-state index is 0.185. The lowest BCUT2D eigenvalue weighted by molar-refractivity contribution is 0.124. The lowest BCUT2D eigenvalue weighted by atomic mass is 10.1. The van der Waals surface area contributed by atoms with Gasteiger partial charge in [-0.1, -0.05) is 18.2 Å². The number of hydrogen-bond acceptors (Lipinski definition) is 2. The molecule has 0 saturated heterocycles. The number of phenolic OH excluding ortho intramolecular Hbond substituents is 1. The molecule has 0 amide bonds. The Hall–Kier alpha value is -1.44. The highest BCUT2D eigenvalue weighted by atomic mass is 16.5. The first-order chi connectivity index (χ1) is 6.94. The number of allylic oxidation sites excluding steroid dienone is 1. The van der Waals surface area contributed by atoms with E-state index in [1.165, 1.54) is 0 Å². The Morgan fingerprint density at radius 3 is 2.60 bits per heavy atom. The first-order valence-corrected chi connectivity index (χ1v) is 5.05. The van der Waals surface area contributed by atoms with Gasteiger partial charge in [-0.25, -0.2) is 0 Å². The molecule has 0 atom stereocenters. The Morgan fingerprint density at radius 2 is 2.07 bits per heavy atom. The molecule has 0 aliphatic heterocycles. The van der Waals surface area contributed by atoms with Gasteiger partial charge in [0.05, 0.1) is 0 Å². The van der Waals surface area contributed by atoms with Gasteiger partial charge in [0, 0.05) is 5.56 Å². The zero-order chi connectivity index (χ0) is 11.5. The van der Waals surface area contributed by atoms with Crippen LogP contribution in [0.4, 0.5) is 0 Å². The molecule has 0 unspecified atom stereocenters. The molecule has 0 aliphatic rings. The van der Waals surface area contributed by atoms with Crippen LogP contribution in [0.3, 0.4) is 0 Å². The molecule has 0 heterocycles. The van der Waals surface area contributed by atoms with Gasteiger partial charge in [-0.05, 0) is 33.3 Å². The van der Waals surface area contributed by atoms with E-state index in [9.17, 15) is 5.11 Å². The summed E-state index contributed by atoms with van der Waals surface area (Å²) in [5.74, 6) is 0.745. The average Bonchev–Trinajstić information content (AvgIpc) is 2.10. The summed E-state index contributed by atoms with van der Waals surface area (Å²) in [4.78, 5) is 0. The fourth-order valence-corrected chi connectivity index (χ4v) is 1.31.